The first-order chi connectivity index (χ1) is 8.83. The van der Waals surface area contributed by atoms with Crippen LogP contribution in [0.25, 0.3) is 0 Å². The van der Waals surface area contributed by atoms with Crippen molar-refractivity contribution in [1.29, 1.82) is 0 Å². The summed E-state index contributed by atoms with van der Waals surface area (Å²) >= 11 is 0. The minimum Gasteiger partial charge on any atom is -0.312 e. The van der Waals surface area contributed by atoms with Crippen LogP contribution in [0.3, 0.4) is 0 Å². The third-order valence-corrected chi connectivity index (χ3v) is 2.68. The lowest BCUT2D eigenvalue weighted by atomic mass is 10.2. The van der Waals surface area contributed by atoms with Crippen molar-refractivity contribution in [3.63, 3.8) is 0 Å². The molecule has 8 heteroatoms. The van der Waals surface area contributed by atoms with Gasteiger partial charge in [-0.3, -0.25) is 9.78 Å². The van der Waals surface area contributed by atoms with Gasteiger partial charge in [-0.1, -0.05) is 5.21 Å². The Kier molecular flexibility index (Phi) is 2.69. The second-order valence-corrected chi connectivity index (χ2v) is 3.94. The highest BCUT2D eigenvalue weighted by Gasteiger charge is 2.21. The Morgan fingerprint density at radius 1 is 1.44 bits per heavy atom. The Labute approximate surface area is 102 Å². The van der Waals surface area contributed by atoms with Gasteiger partial charge in [0.15, 0.2) is 11.5 Å². The van der Waals surface area contributed by atoms with Crippen LogP contribution in [0.2, 0.25) is 0 Å². The van der Waals surface area contributed by atoms with Gasteiger partial charge in [-0.25, -0.2) is 9.67 Å². The molecule has 0 bridgehead atoms. The van der Waals surface area contributed by atoms with Gasteiger partial charge in [0.2, 0.25) is 0 Å². The van der Waals surface area contributed by atoms with Crippen molar-refractivity contribution in [2.45, 2.75) is 6.04 Å². The van der Waals surface area contributed by atoms with Crippen LogP contribution < -0.4 is 10.6 Å². The van der Waals surface area contributed by atoms with E-state index in [1.165, 1.54) is 18.6 Å². The second-order valence-electron chi connectivity index (χ2n) is 3.94. The first-order valence-electron chi connectivity index (χ1n) is 5.53. The van der Waals surface area contributed by atoms with Gasteiger partial charge in [0.1, 0.15) is 0 Å². The van der Waals surface area contributed by atoms with Crippen molar-refractivity contribution in [2.24, 2.45) is 0 Å². The molecule has 92 valence electrons. The number of nitrogens with zero attached hydrogens (tertiary/aromatic N) is 5. The van der Waals surface area contributed by atoms with Gasteiger partial charge in [-0.05, 0) is 0 Å². The van der Waals surface area contributed by atoms with E-state index < -0.39 is 0 Å². The van der Waals surface area contributed by atoms with Crippen molar-refractivity contribution < 1.29 is 4.79 Å². The van der Waals surface area contributed by atoms with E-state index in [2.05, 4.69) is 30.9 Å². The summed E-state index contributed by atoms with van der Waals surface area (Å²) in [6.45, 7) is 1.71. The van der Waals surface area contributed by atoms with E-state index in [-0.39, 0.29) is 17.6 Å². The van der Waals surface area contributed by atoms with Crippen molar-refractivity contribution in [3.8, 4) is 0 Å². The normalized spacial score (nSPS) is 15.1. The van der Waals surface area contributed by atoms with E-state index in [9.17, 15) is 4.79 Å². The molecule has 1 aliphatic rings. The second kappa shape index (κ2) is 4.49. The predicted molar refractivity (Wildman–Crippen MR) is 61.9 cm³/mol. The Balaban J connectivity index is 1.70. The number of carbonyl (C=O) groups excluding carboxylic acids is 1. The standard InChI is InChI=1S/C10H11N7O/c18-10(14-9-5-11-1-2-13-9)8-6-17(16-15-8)7-3-12-4-7/h1-2,5-7,12H,3-4H2,(H,13,14,18). The third kappa shape index (κ3) is 2.05. The minimum atomic E-state index is -0.339. The molecule has 8 nitrogen and oxygen atoms in total. The molecule has 0 atom stereocenters. The van der Waals surface area contributed by atoms with Gasteiger partial charge >= 0.3 is 0 Å². The zero-order chi connectivity index (χ0) is 12.4. The molecule has 3 heterocycles. The fourth-order valence-corrected chi connectivity index (χ4v) is 1.56. The number of hydrogen-bond donors (Lipinski definition) is 2. The number of rotatable bonds is 3. The summed E-state index contributed by atoms with van der Waals surface area (Å²) in [7, 11) is 0. The topological polar surface area (TPSA) is 97.6 Å². The van der Waals surface area contributed by atoms with Crippen LogP contribution in [-0.2, 0) is 0 Å². The van der Waals surface area contributed by atoms with Crippen LogP contribution in [0.4, 0.5) is 5.82 Å². The fraction of sp³-hybridized carbons (Fsp3) is 0.300. The molecule has 18 heavy (non-hydrogen) atoms. The van der Waals surface area contributed by atoms with Gasteiger partial charge in [-0.15, -0.1) is 5.10 Å². The summed E-state index contributed by atoms with van der Waals surface area (Å²) in [5.41, 5.74) is 0.271. The number of hydrogen-bond acceptors (Lipinski definition) is 6. The Morgan fingerprint density at radius 2 is 2.33 bits per heavy atom. The summed E-state index contributed by atoms with van der Waals surface area (Å²) < 4.78 is 1.70. The number of aromatic nitrogens is 5. The van der Waals surface area contributed by atoms with Crippen LogP contribution in [0.5, 0.6) is 0 Å². The summed E-state index contributed by atoms with van der Waals surface area (Å²) in [5.74, 6) is 0.0522. The SMILES string of the molecule is O=C(Nc1cnccn1)c1cn(C2CNC2)nn1. The molecule has 2 aromatic heterocycles. The molecule has 0 radical (unpaired) electrons. The lowest BCUT2D eigenvalue weighted by Gasteiger charge is -2.26. The van der Waals surface area contributed by atoms with E-state index in [1.54, 1.807) is 10.9 Å². The summed E-state index contributed by atoms with van der Waals surface area (Å²) in [5, 5.41) is 13.5. The number of amides is 1. The third-order valence-electron chi connectivity index (χ3n) is 2.68. The maximum atomic E-state index is 11.8. The Hall–Kier alpha value is -2.35. The van der Waals surface area contributed by atoms with Gasteiger partial charge in [0, 0.05) is 25.5 Å². The largest absolute Gasteiger partial charge is 0.312 e. The molecule has 0 saturated carbocycles. The first-order valence-corrected chi connectivity index (χ1v) is 5.53. The summed E-state index contributed by atoms with van der Waals surface area (Å²) in [4.78, 5) is 19.7. The molecular weight excluding hydrogens is 234 g/mol. The van der Waals surface area contributed by atoms with E-state index >= 15 is 0 Å². The van der Waals surface area contributed by atoms with E-state index in [0.29, 0.717) is 5.82 Å². The highest BCUT2D eigenvalue weighted by Crippen LogP contribution is 2.10. The van der Waals surface area contributed by atoms with Crippen LogP contribution in [0.15, 0.2) is 24.8 Å². The lowest BCUT2D eigenvalue weighted by Crippen LogP contribution is -2.43. The van der Waals surface area contributed by atoms with Crippen molar-refractivity contribution >= 4 is 11.7 Å². The molecule has 1 saturated heterocycles. The van der Waals surface area contributed by atoms with Gasteiger partial charge in [0.25, 0.3) is 5.91 Å². The molecule has 0 unspecified atom stereocenters. The average Bonchev–Trinajstić information content (AvgIpc) is 2.77. The summed E-state index contributed by atoms with van der Waals surface area (Å²) in [6.07, 6.45) is 6.15. The molecule has 2 N–H and O–H groups in total. The van der Waals surface area contributed by atoms with Gasteiger partial charge in [-0.2, -0.15) is 0 Å². The van der Waals surface area contributed by atoms with Crippen LogP contribution >= 0.6 is 0 Å². The number of nitrogens with one attached hydrogen (secondary N) is 2. The lowest BCUT2D eigenvalue weighted by molar-refractivity contribution is 0.102. The molecule has 1 aliphatic heterocycles. The Bertz CT molecular complexity index is 548. The first kappa shape index (κ1) is 10.8. The van der Waals surface area contributed by atoms with Crippen LogP contribution in [-0.4, -0.2) is 44.0 Å². The molecule has 1 fully saturated rings. The quantitative estimate of drug-likeness (QED) is 0.754. The molecule has 2 aromatic rings. The highest BCUT2D eigenvalue weighted by atomic mass is 16.2. The van der Waals surface area contributed by atoms with E-state index in [0.717, 1.165) is 13.1 Å². The smallest absolute Gasteiger partial charge is 0.279 e. The number of carbonyl (C=O) groups is 1. The summed E-state index contributed by atoms with van der Waals surface area (Å²) in [6, 6.07) is 0.288. The highest BCUT2D eigenvalue weighted by molar-refractivity contribution is 6.01. The van der Waals surface area contributed by atoms with Crippen molar-refractivity contribution in [3.05, 3.63) is 30.5 Å². The average molecular weight is 245 g/mol. The molecule has 0 aromatic carbocycles. The molecule has 3 rings (SSSR count). The monoisotopic (exact) mass is 245 g/mol. The fourth-order valence-electron chi connectivity index (χ4n) is 1.56. The molecule has 1 amide bonds. The minimum absolute atomic E-state index is 0.271. The molecule has 0 spiro atoms. The zero-order valence-electron chi connectivity index (χ0n) is 9.45. The van der Waals surface area contributed by atoms with Gasteiger partial charge in [0.05, 0.1) is 18.4 Å². The van der Waals surface area contributed by atoms with Gasteiger partial charge < -0.3 is 10.6 Å². The van der Waals surface area contributed by atoms with E-state index in [1.807, 2.05) is 0 Å². The molecule has 0 aliphatic carbocycles. The van der Waals surface area contributed by atoms with Crippen molar-refractivity contribution in [2.75, 3.05) is 18.4 Å². The van der Waals surface area contributed by atoms with E-state index in [4.69, 9.17) is 0 Å². The number of anilines is 1. The maximum Gasteiger partial charge on any atom is 0.279 e. The maximum absolute atomic E-state index is 11.8. The Morgan fingerprint density at radius 3 is 3.00 bits per heavy atom. The van der Waals surface area contributed by atoms with Crippen molar-refractivity contribution in [1.82, 2.24) is 30.3 Å². The molecular formula is C10H11N7O. The predicted octanol–water partition coefficient (Wildman–Crippen LogP) is -0.535. The van der Waals surface area contributed by atoms with Crippen LogP contribution in [0.1, 0.15) is 16.5 Å². The zero-order valence-corrected chi connectivity index (χ0v) is 9.45. The van der Waals surface area contributed by atoms with Crippen LogP contribution in [0, 0.1) is 0 Å².